The Kier molecular flexibility index (Phi) is 11.2. The minimum absolute atomic E-state index is 0.0517. The van der Waals surface area contributed by atoms with Crippen LogP contribution in [0.3, 0.4) is 0 Å². The fraction of sp³-hybridized carbons (Fsp3) is 0.484. The summed E-state index contributed by atoms with van der Waals surface area (Å²) in [4.78, 5) is 44.8. The van der Waals surface area contributed by atoms with Crippen LogP contribution in [0.15, 0.2) is 36.4 Å². The van der Waals surface area contributed by atoms with Gasteiger partial charge < -0.3 is 30.5 Å². The van der Waals surface area contributed by atoms with Gasteiger partial charge in [0.25, 0.3) is 0 Å². The highest BCUT2D eigenvalue weighted by Gasteiger charge is 2.41. The molecule has 2 aromatic carbocycles. The summed E-state index contributed by atoms with van der Waals surface area (Å²) in [5, 5.41) is 37.0. The standard InChI is InChI=1S/C25H31FN2O2.C6H8O7/c1-18(29)27-25(22-7-9-23(26)10-8-22)11-13-28(14-12-25)17-21-15-19-5-3-4-6-20(19)16-24(21)30-2;7-3(8)1-6(13,5(11)12)2-4(9)10/h7-10,15-16H,3-6,11-14,17H2,1-2H3,(H,27,29);13H,1-2H2,(H,7,8)(H,9,10)(H,11,12). The maximum Gasteiger partial charge on any atom is 0.336 e. The summed E-state index contributed by atoms with van der Waals surface area (Å²) in [5.41, 5.74) is 1.94. The quantitative estimate of drug-likeness (QED) is 0.272. The Balaban J connectivity index is 0.000000331. The number of aliphatic carboxylic acids is 3. The first-order valence-electron chi connectivity index (χ1n) is 14.1. The number of carbonyl (C=O) groups excluding carboxylic acids is 1. The summed E-state index contributed by atoms with van der Waals surface area (Å²) in [5.74, 6) is -4.35. The summed E-state index contributed by atoms with van der Waals surface area (Å²) in [6.45, 7) is 4.11. The normalized spacial score (nSPS) is 16.2. The Bertz CT molecular complexity index is 1310. The Hall–Kier alpha value is -4.03. The summed E-state index contributed by atoms with van der Waals surface area (Å²) in [6, 6.07) is 11.1. The maximum atomic E-state index is 13.4. The van der Waals surface area contributed by atoms with Gasteiger partial charge in [-0.3, -0.25) is 19.3 Å². The third kappa shape index (κ3) is 8.98. The molecule has 1 saturated heterocycles. The van der Waals surface area contributed by atoms with E-state index in [-0.39, 0.29) is 11.7 Å². The average molecular weight is 603 g/mol. The number of carboxylic acids is 3. The first-order chi connectivity index (χ1) is 20.3. The van der Waals surface area contributed by atoms with Gasteiger partial charge >= 0.3 is 17.9 Å². The number of piperidine rings is 1. The van der Waals surface area contributed by atoms with Crippen LogP contribution in [0.1, 0.15) is 67.7 Å². The zero-order valence-electron chi connectivity index (χ0n) is 24.4. The summed E-state index contributed by atoms with van der Waals surface area (Å²) in [6.07, 6.45) is 4.13. The fourth-order valence-corrected chi connectivity index (χ4v) is 5.77. The molecule has 4 rings (SSSR count). The minimum atomic E-state index is -2.74. The number of fused-ring (bicyclic) bond motifs is 1. The number of aliphatic hydroxyl groups is 1. The van der Waals surface area contributed by atoms with Crippen LogP contribution in [0.2, 0.25) is 0 Å². The highest BCUT2D eigenvalue weighted by molar-refractivity contribution is 5.88. The molecule has 0 unspecified atom stereocenters. The highest BCUT2D eigenvalue weighted by atomic mass is 19.1. The van der Waals surface area contributed by atoms with Crippen molar-refractivity contribution in [2.45, 2.75) is 76.0 Å². The number of ether oxygens (including phenoxy) is 1. The molecule has 11 nitrogen and oxygen atoms in total. The number of benzene rings is 2. The molecule has 1 fully saturated rings. The molecule has 12 heteroatoms. The monoisotopic (exact) mass is 602 g/mol. The molecular formula is C31H39FN2O9. The van der Waals surface area contributed by atoms with Gasteiger partial charge in [0.15, 0.2) is 5.60 Å². The van der Waals surface area contributed by atoms with Crippen molar-refractivity contribution in [2.75, 3.05) is 20.2 Å². The van der Waals surface area contributed by atoms with Crippen LogP contribution < -0.4 is 10.1 Å². The first-order valence-corrected chi connectivity index (χ1v) is 14.1. The lowest BCUT2D eigenvalue weighted by atomic mass is 9.80. The van der Waals surface area contributed by atoms with E-state index in [1.54, 1.807) is 26.2 Å². The van der Waals surface area contributed by atoms with Crippen molar-refractivity contribution in [3.05, 3.63) is 64.5 Å². The number of aryl methyl sites for hydroxylation is 2. The number of carbonyl (C=O) groups is 4. The van der Waals surface area contributed by atoms with Gasteiger partial charge in [0.2, 0.25) is 5.91 Å². The van der Waals surface area contributed by atoms with Gasteiger partial charge in [0, 0.05) is 32.1 Å². The maximum absolute atomic E-state index is 13.4. The van der Waals surface area contributed by atoms with Crippen molar-refractivity contribution in [3.8, 4) is 5.75 Å². The second kappa shape index (κ2) is 14.4. The zero-order chi connectivity index (χ0) is 31.8. The Labute approximate surface area is 249 Å². The fourth-order valence-electron chi connectivity index (χ4n) is 5.77. The number of hydrogen-bond donors (Lipinski definition) is 5. The molecule has 0 spiro atoms. The lowest BCUT2D eigenvalue weighted by Gasteiger charge is -2.43. The van der Waals surface area contributed by atoms with Gasteiger partial charge in [-0.25, -0.2) is 9.18 Å². The lowest BCUT2D eigenvalue weighted by molar-refractivity contribution is -0.170. The van der Waals surface area contributed by atoms with Gasteiger partial charge in [-0.15, -0.1) is 0 Å². The van der Waals surface area contributed by atoms with E-state index in [9.17, 15) is 23.6 Å². The Morgan fingerprint density at radius 1 is 0.953 bits per heavy atom. The van der Waals surface area contributed by atoms with Crippen molar-refractivity contribution in [1.82, 2.24) is 10.2 Å². The SMILES string of the molecule is COc1cc2c(cc1CN1CCC(NC(C)=O)(c3ccc(F)cc3)CC1)CCCC2.O=C(O)CC(O)(CC(=O)O)C(=O)O. The van der Waals surface area contributed by atoms with Gasteiger partial charge in [-0.05, 0) is 73.4 Å². The van der Waals surface area contributed by atoms with Crippen LogP contribution in [0.25, 0.3) is 0 Å². The second-order valence-corrected chi connectivity index (χ2v) is 11.2. The number of hydrogen-bond acceptors (Lipinski definition) is 7. The molecule has 0 radical (unpaired) electrons. The van der Waals surface area contributed by atoms with E-state index < -0.39 is 41.9 Å². The van der Waals surface area contributed by atoms with Crippen molar-refractivity contribution in [2.24, 2.45) is 0 Å². The lowest BCUT2D eigenvalue weighted by Crippen LogP contribution is -2.52. The Morgan fingerprint density at radius 2 is 1.49 bits per heavy atom. The van der Waals surface area contributed by atoms with Crippen LogP contribution in [0.4, 0.5) is 4.39 Å². The van der Waals surface area contributed by atoms with Crippen LogP contribution in [-0.2, 0) is 44.1 Å². The number of likely N-dealkylation sites (tertiary alicyclic amines) is 1. The average Bonchev–Trinajstić information content (AvgIpc) is 2.93. The third-order valence-electron chi connectivity index (χ3n) is 7.95. The van der Waals surface area contributed by atoms with Crippen molar-refractivity contribution in [1.29, 1.82) is 0 Å². The number of carboxylic acid groups (broad SMARTS) is 3. The van der Waals surface area contributed by atoms with Crippen LogP contribution in [0, 0.1) is 5.82 Å². The molecule has 234 valence electrons. The molecular weight excluding hydrogens is 563 g/mol. The highest BCUT2D eigenvalue weighted by Crippen LogP contribution is 2.35. The molecule has 0 aromatic heterocycles. The third-order valence-corrected chi connectivity index (χ3v) is 7.95. The summed E-state index contributed by atoms with van der Waals surface area (Å²) >= 11 is 0. The smallest absolute Gasteiger partial charge is 0.336 e. The Morgan fingerprint density at radius 3 is 1.95 bits per heavy atom. The minimum Gasteiger partial charge on any atom is -0.496 e. The molecule has 1 aliphatic heterocycles. The topological polar surface area (TPSA) is 174 Å². The van der Waals surface area contributed by atoms with Crippen LogP contribution >= 0.6 is 0 Å². The molecule has 1 amide bonds. The second-order valence-electron chi connectivity index (χ2n) is 11.2. The summed E-state index contributed by atoms with van der Waals surface area (Å²) in [7, 11) is 1.75. The van der Waals surface area contributed by atoms with Crippen LogP contribution in [-0.4, -0.2) is 74.9 Å². The van der Waals surface area contributed by atoms with Crippen molar-refractivity contribution in [3.63, 3.8) is 0 Å². The molecule has 1 aliphatic carbocycles. The predicted octanol–water partition coefficient (Wildman–Crippen LogP) is 3.09. The number of nitrogens with zero attached hydrogens (tertiary/aromatic N) is 1. The van der Waals surface area contributed by atoms with Gasteiger partial charge in [-0.1, -0.05) is 18.2 Å². The van der Waals surface area contributed by atoms with E-state index in [0.29, 0.717) is 0 Å². The number of amides is 1. The van der Waals surface area contributed by atoms with Gasteiger partial charge in [0.1, 0.15) is 11.6 Å². The predicted molar refractivity (Wildman–Crippen MR) is 153 cm³/mol. The van der Waals surface area contributed by atoms with Crippen LogP contribution in [0.5, 0.6) is 5.75 Å². The zero-order valence-corrected chi connectivity index (χ0v) is 24.4. The molecule has 0 saturated carbocycles. The molecule has 0 atom stereocenters. The number of nitrogens with one attached hydrogen (secondary N) is 1. The van der Waals surface area contributed by atoms with E-state index in [1.807, 2.05) is 0 Å². The molecule has 5 N–H and O–H groups in total. The van der Waals surface area contributed by atoms with E-state index >= 15 is 0 Å². The van der Waals surface area contributed by atoms with E-state index in [2.05, 4.69) is 22.3 Å². The van der Waals surface area contributed by atoms with Gasteiger partial charge in [0.05, 0.1) is 25.5 Å². The number of rotatable bonds is 10. The van der Waals surface area contributed by atoms with E-state index in [1.165, 1.54) is 41.7 Å². The van der Waals surface area contributed by atoms with Crippen molar-refractivity contribution >= 4 is 23.8 Å². The van der Waals surface area contributed by atoms with E-state index in [4.69, 9.17) is 25.2 Å². The first kappa shape index (κ1) is 33.5. The number of halogens is 1. The molecule has 2 aliphatic rings. The largest absolute Gasteiger partial charge is 0.496 e. The molecule has 0 bridgehead atoms. The molecule has 2 aromatic rings. The molecule has 43 heavy (non-hydrogen) atoms. The van der Waals surface area contributed by atoms with E-state index in [0.717, 1.165) is 56.6 Å². The summed E-state index contributed by atoms with van der Waals surface area (Å²) < 4.78 is 19.1. The van der Waals surface area contributed by atoms with Crippen molar-refractivity contribution < 1.29 is 48.7 Å². The molecule has 1 heterocycles. The van der Waals surface area contributed by atoms with Gasteiger partial charge in [-0.2, -0.15) is 0 Å². The number of methoxy groups -OCH3 is 1.